The predicted octanol–water partition coefficient (Wildman–Crippen LogP) is 2.58. The molecule has 5 nitrogen and oxygen atoms in total. The molecule has 1 aliphatic heterocycles. The maximum Gasteiger partial charge on any atom is 0.191 e. The Hall–Kier alpha value is -0.0800. The van der Waals surface area contributed by atoms with E-state index in [2.05, 4.69) is 36.3 Å². The summed E-state index contributed by atoms with van der Waals surface area (Å²) in [6.07, 6.45) is 6.40. The van der Waals surface area contributed by atoms with Crippen molar-refractivity contribution in [1.29, 1.82) is 0 Å². The number of hydrogen-bond donors (Lipinski definition) is 3. The summed E-state index contributed by atoms with van der Waals surface area (Å²) >= 11 is 0. The summed E-state index contributed by atoms with van der Waals surface area (Å²) in [5.74, 6) is 1.81. The van der Waals surface area contributed by atoms with Gasteiger partial charge in [0.15, 0.2) is 5.96 Å². The Balaban J connectivity index is 0.00000288. The normalized spacial score (nSPS) is 28.1. The third-order valence-electron chi connectivity index (χ3n) is 5.34. The second kappa shape index (κ2) is 11.5. The number of aliphatic hydroxyl groups is 1. The number of guanidine groups is 1. The number of halogens is 1. The van der Waals surface area contributed by atoms with Crippen LogP contribution < -0.4 is 10.6 Å². The average molecular weight is 452 g/mol. The fourth-order valence-corrected chi connectivity index (χ4v) is 3.54. The van der Waals surface area contributed by atoms with Crippen LogP contribution in [0.15, 0.2) is 4.99 Å². The number of piperidine rings is 1. The Kier molecular flexibility index (Phi) is 10.5. The van der Waals surface area contributed by atoms with Crippen LogP contribution in [-0.2, 0) is 0 Å². The Morgan fingerprint density at radius 3 is 2.38 bits per heavy atom. The second-order valence-electron chi connectivity index (χ2n) is 7.44. The fourth-order valence-electron chi connectivity index (χ4n) is 3.54. The lowest BCUT2D eigenvalue weighted by Gasteiger charge is -2.34. The molecule has 1 unspecified atom stereocenters. The number of nitrogens with zero attached hydrogens (tertiary/aromatic N) is 2. The third-order valence-corrected chi connectivity index (χ3v) is 5.34. The van der Waals surface area contributed by atoms with Crippen molar-refractivity contribution in [1.82, 2.24) is 15.5 Å². The number of aliphatic hydroxyl groups excluding tert-OH is 1. The molecule has 6 heteroatoms. The number of nitrogens with one attached hydrogen (secondary N) is 2. The molecule has 0 aromatic heterocycles. The van der Waals surface area contributed by atoms with E-state index in [1.807, 2.05) is 0 Å². The van der Waals surface area contributed by atoms with Gasteiger partial charge in [-0.05, 0) is 71.4 Å². The van der Waals surface area contributed by atoms with Crippen LogP contribution in [0.3, 0.4) is 0 Å². The Morgan fingerprint density at radius 1 is 1.17 bits per heavy atom. The maximum absolute atomic E-state index is 9.62. The van der Waals surface area contributed by atoms with E-state index in [1.165, 1.54) is 25.9 Å². The molecule has 2 rings (SSSR count). The predicted molar refractivity (Wildman–Crippen MR) is 112 cm³/mol. The molecule has 2 aliphatic rings. The van der Waals surface area contributed by atoms with Crippen molar-refractivity contribution in [3.8, 4) is 0 Å². The molecule has 1 heterocycles. The van der Waals surface area contributed by atoms with Gasteiger partial charge in [-0.15, -0.1) is 24.0 Å². The van der Waals surface area contributed by atoms with Gasteiger partial charge < -0.3 is 15.7 Å². The smallest absolute Gasteiger partial charge is 0.191 e. The summed E-state index contributed by atoms with van der Waals surface area (Å²) in [6, 6.07) is 0.952. The summed E-state index contributed by atoms with van der Waals surface area (Å²) in [5, 5.41) is 16.5. The molecule has 0 radical (unpaired) electrons. The SMILES string of the molecule is CCNC(=NCC(C)N1CCC(C)CC1)NC1CCC(O)CC1.I. The quantitative estimate of drug-likeness (QED) is 0.341. The van der Waals surface area contributed by atoms with Gasteiger partial charge >= 0.3 is 0 Å². The van der Waals surface area contributed by atoms with Gasteiger partial charge in [0.25, 0.3) is 0 Å². The van der Waals surface area contributed by atoms with E-state index in [0.717, 1.165) is 50.7 Å². The van der Waals surface area contributed by atoms with Crippen LogP contribution in [0.25, 0.3) is 0 Å². The molecule has 24 heavy (non-hydrogen) atoms. The Labute approximate surface area is 165 Å². The zero-order valence-electron chi connectivity index (χ0n) is 15.6. The third kappa shape index (κ3) is 7.44. The zero-order valence-corrected chi connectivity index (χ0v) is 18.0. The second-order valence-corrected chi connectivity index (χ2v) is 7.44. The van der Waals surface area contributed by atoms with Crippen LogP contribution in [-0.4, -0.2) is 60.3 Å². The van der Waals surface area contributed by atoms with Gasteiger partial charge in [-0.1, -0.05) is 6.92 Å². The molecule has 1 aliphatic carbocycles. The van der Waals surface area contributed by atoms with Crippen LogP contribution in [0.5, 0.6) is 0 Å². The van der Waals surface area contributed by atoms with E-state index in [4.69, 9.17) is 4.99 Å². The Morgan fingerprint density at radius 2 is 1.79 bits per heavy atom. The first-order chi connectivity index (χ1) is 11.1. The molecule has 0 bridgehead atoms. The van der Waals surface area contributed by atoms with E-state index in [-0.39, 0.29) is 30.1 Å². The summed E-state index contributed by atoms with van der Waals surface area (Å²) in [4.78, 5) is 7.38. The zero-order chi connectivity index (χ0) is 16.7. The number of aliphatic imine (C=N–C) groups is 1. The van der Waals surface area contributed by atoms with Crippen LogP contribution in [0.2, 0.25) is 0 Å². The van der Waals surface area contributed by atoms with Gasteiger partial charge in [0, 0.05) is 18.6 Å². The largest absolute Gasteiger partial charge is 0.393 e. The first-order valence-electron chi connectivity index (χ1n) is 9.55. The molecule has 142 valence electrons. The molecule has 1 atom stereocenters. The van der Waals surface area contributed by atoms with E-state index < -0.39 is 0 Å². The minimum atomic E-state index is -0.103. The summed E-state index contributed by atoms with van der Waals surface area (Å²) in [7, 11) is 0. The minimum Gasteiger partial charge on any atom is -0.393 e. The molecular weight excluding hydrogens is 415 g/mol. The van der Waals surface area contributed by atoms with Crippen molar-refractivity contribution in [3.05, 3.63) is 0 Å². The highest BCUT2D eigenvalue weighted by molar-refractivity contribution is 14.0. The van der Waals surface area contributed by atoms with Crippen LogP contribution in [0.4, 0.5) is 0 Å². The molecule has 1 saturated heterocycles. The van der Waals surface area contributed by atoms with Gasteiger partial charge in [-0.2, -0.15) is 0 Å². The van der Waals surface area contributed by atoms with E-state index in [0.29, 0.717) is 12.1 Å². The van der Waals surface area contributed by atoms with E-state index in [1.54, 1.807) is 0 Å². The van der Waals surface area contributed by atoms with Crippen molar-refractivity contribution in [2.45, 2.75) is 77.5 Å². The van der Waals surface area contributed by atoms with Crippen molar-refractivity contribution in [2.24, 2.45) is 10.9 Å². The highest BCUT2D eigenvalue weighted by Gasteiger charge is 2.21. The van der Waals surface area contributed by atoms with Crippen LogP contribution in [0, 0.1) is 5.92 Å². The monoisotopic (exact) mass is 452 g/mol. The molecule has 0 spiro atoms. The lowest BCUT2D eigenvalue weighted by molar-refractivity contribution is 0.120. The molecule has 0 aromatic carbocycles. The summed E-state index contributed by atoms with van der Waals surface area (Å²) in [5.41, 5.74) is 0. The van der Waals surface area contributed by atoms with Crippen molar-refractivity contribution >= 4 is 29.9 Å². The van der Waals surface area contributed by atoms with Crippen molar-refractivity contribution in [3.63, 3.8) is 0 Å². The minimum absolute atomic E-state index is 0. The highest BCUT2D eigenvalue weighted by atomic mass is 127. The van der Waals surface area contributed by atoms with Gasteiger partial charge in [0.1, 0.15) is 0 Å². The lowest BCUT2D eigenvalue weighted by atomic mass is 9.93. The highest BCUT2D eigenvalue weighted by Crippen LogP contribution is 2.19. The lowest BCUT2D eigenvalue weighted by Crippen LogP contribution is -2.46. The van der Waals surface area contributed by atoms with E-state index in [9.17, 15) is 5.11 Å². The molecular formula is C18H37IN4O. The topological polar surface area (TPSA) is 59.9 Å². The molecule has 2 fully saturated rings. The van der Waals surface area contributed by atoms with Crippen LogP contribution >= 0.6 is 24.0 Å². The van der Waals surface area contributed by atoms with Crippen molar-refractivity contribution < 1.29 is 5.11 Å². The molecule has 0 amide bonds. The number of hydrogen-bond acceptors (Lipinski definition) is 3. The first kappa shape index (κ1) is 22.0. The van der Waals surface area contributed by atoms with Gasteiger partial charge in [0.2, 0.25) is 0 Å². The first-order valence-corrected chi connectivity index (χ1v) is 9.55. The van der Waals surface area contributed by atoms with Gasteiger partial charge in [-0.3, -0.25) is 9.89 Å². The van der Waals surface area contributed by atoms with Crippen LogP contribution in [0.1, 0.15) is 59.3 Å². The molecule has 0 aromatic rings. The van der Waals surface area contributed by atoms with Gasteiger partial charge in [-0.25, -0.2) is 0 Å². The van der Waals surface area contributed by atoms with E-state index >= 15 is 0 Å². The fraction of sp³-hybridized carbons (Fsp3) is 0.944. The average Bonchev–Trinajstić information content (AvgIpc) is 2.55. The standard InChI is InChI=1S/C18H36N4O.HI/c1-4-19-18(21-16-5-7-17(23)8-6-16)20-13-15(3)22-11-9-14(2)10-12-22;/h14-17,23H,4-13H2,1-3H3,(H2,19,20,21);1H. The van der Waals surface area contributed by atoms with Gasteiger partial charge in [0.05, 0.1) is 12.6 Å². The summed E-state index contributed by atoms with van der Waals surface area (Å²) < 4.78 is 0. The number of likely N-dealkylation sites (tertiary alicyclic amines) is 1. The molecule has 1 saturated carbocycles. The maximum atomic E-state index is 9.62. The number of rotatable bonds is 5. The summed E-state index contributed by atoms with van der Waals surface area (Å²) in [6.45, 7) is 10.9. The Bertz CT molecular complexity index is 364. The van der Waals surface area contributed by atoms with Crippen molar-refractivity contribution in [2.75, 3.05) is 26.2 Å². The molecule has 3 N–H and O–H groups in total.